The lowest BCUT2D eigenvalue weighted by Crippen LogP contribution is -2.00. The third-order valence-electron chi connectivity index (χ3n) is 2.94. The quantitative estimate of drug-likeness (QED) is 0.663. The Morgan fingerprint density at radius 1 is 1.20 bits per heavy atom. The highest BCUT2D eigenvalue weighted by atomic mass is 16.1. The van der Waals surface area contributed by atoms with Crippen LogP contribution in [0.4, 0.5) is 0 Å². The largest absolute Gasteiger partial charge is 0.294 e. The minimum Gasteiger partial charge on any atom is -0.294 e. The summed E-state index contributed by atoms with van der Waals surface area (Å²) in [6.45, 7) is 1.64. The Morgan fingerprint density at radius 3 is 2.67 bits per heavy atom. The molecule has 0 spiro atoms. The zero-order chi connectivity index (χ0) is 10.7. The SMILES string of the molecule is CC(=O)c1ccccc1C1=CCCCC1. The van der Waals surface area contributed by atoms with Crippen molar-refractivity contribution in [2.75, 3.05) is 0 Å². The summed E-state index contributed by atoms with van der Waals surface area (Å²) in [7, 11) is 0. The van der Waals surface area contributed by atoms with E-state index in [1.165, 1.54) is 18.4 Å². The minimum atomic E-state index is 0.164. The summed E-state index contributed by atoms with van der Waals surface area (Å²) in [5, 5.41) is 0. The Balaban J connectivity index is 2.42. The second kappa shape index (κ2) is 4.43. The molecule has 0 N–H and O–H groups in total. The van der Waals surface area contributed by atoms with Gasteiger partial charge in [0.2, 0.25) is 0 Å². The van der Waals surface area contributed by atoms with E-state index in [1.807, 2.05) is 18.2 Å². The third kappa shape index (κ3) is 2.17. The fraction of sp³-hybridized carbons (Fsp3) is 0.357. The van der Waals surface area contributed by atoms with Crippen LogP contribution in [0.2, 0.25) is 0 Å². The van der Waals surface area contributed by atoms with Crippen molar-refractivity contribution in [1.29, 1.82) is 0 Å². The lowest BCUT2D eigenvalue weighted by atomic mass is 9.90. The zero-order valence-electron chi connectivity index (χ0n) is 9.12. The monoisotopic (exact) mass is 200 g/mol. The van der Waals surface area contributed by atoms with Crippen LogP contribution in [0.1, 0.15) is 48.5 Å². The van der Waals surface area contributed by atoms with Gasteiger partial charge in [-0.25, -0.2) is 0 Å². The van der Waals surface area contributed by atoms with Gasteiger partial charge in [-0.1, -0.05) is 30.3 Å². The molecule has 1 aromatic rings. The fourth-order valence-corrected chi connectivity index (χ4v) is 2.15. The molecule has 0 aromatic heterocycles. The number of benzene rings is 1. The van der Waals surface area contributed by atoms with Crippen LogP contribution in [0.25, 0.3) is 5.57 Å². The smallest absolute Gasteiger partial charge is 0.160 e. The molecule has 0 aliphatic heterocycles. The van der Waals surface area contributed by atoms with Gasteiger partial charge in [-0.2, -0.15) is 0 Å². The standard InChI is InChI=1S/C14H16O/c1-11(15)13-9-5-6-10-14(13)12-7-3-2-4-8-12/h5-7,9-10H,2-4,8H2,1H3. The van der Waals surface area contributed by atoms with E-state index in [9.17, 15) is 4.79 Å². The van der Waals surface area contributed by atoms with Crippen LogP contribution in [0.15, 0.2) is 30.3 Å². The van der Waals surface area contributed by atoms with Gasteiger partial charge in [0.1, 0.15) is 0 Å². The van der Waals surface area contributed by atoms with Gasteiger partial charge in [0, 0.05) is 5.56 Å². The number of Topliss-reactive ketones (excluding diaryl/α,β-unsaturated/α-hetero) is 1. The van der Waals surface area contributed by atoms with E-state index in [4.69, 9.17) is 0 Å². The van der Waals surface area contributed by atoms with Gasteiger partial charge in [0.05, 0.1) is 0 Å². The van der Waals surface area contributed by atoms with Gasteiger partial charge in [-0.3, -0.25) is 4.79 Å². The summed E-state index contributed by atoms with van der Waals surface area (Å²) >= 11 is 0. The first-order valence-corrected chi connectivity index (χ1v) is 5.58. The summed E-state index contributed by atoms with van der Waals surface area (Å²) < 4.78 is 0. The van der Waals surface area contributed by atoms with Gasteiger partial charge >= 0.3 is 0 Å². The zero-order valence-corrected chi connectivity index (χ0v) is 9.12. The first-order chi connectivity index (χ1) is 7.29. The van der Waals surface area contributed by atoms with Crippen molar-refractivity contribution in [2.45, 2.75) is 32.6 Å². The highest BCUT2D eigenvalue weighted by Gasteiger charge is 2.12. The normalized spacial score (nSPS) is 15.9. The van der Waals surface area contributed by atoms with Gasteiger partial charge in [0.25, 0.3) is 0 Å². The molecule has 0 radical (unpaired) electrons. The lowest BCUT2D eigenvalue weighted by molar-refractivity contribution is 0.101. The first kappa shape index (κ1) is 10.2. The maximum absolute atomic E-state index is 11.5. The van der Waals surface area contributed by atoms with Gasteiger partial charge < -0.3 is 0 Å². The number of hydrogen-bond donors (Lipinski definition) is 0. The van der Waals surface area contributed by atoms with E-state index in [0.717, 1.165) is 24.0 Å². The van der Waals surface area contributed by atoms with Gasteiger partial charge in [-0.15, -0.1) is 0 Å². The van der Waals surface area contributed by atoms with Crippen LogP contribution in [0, 0.1) is 0 Å². The maximum Gasteiger partial charge on any atom is 0.160 e. The van der Waals surface area contributed by atoms with Gasteiger partial charge in [0.15, 0.2) is 5.78 Å². The van der Waals surface area contributed by atoms with E-state index in [-0.39, 0.29) is 5.78 Å². The second-order valence-electron chi connectivity index (χ2n) is 4.08. The van der Waals surface area contributed by atoms with Crippen LogP contribution in [0.3, 0.4) is 0 Å². The summed E-state index contributed by atoms with van der Waals surface area (Å²) in [5.41, 5.74) is 3.36. The number of ketones is 1. The molecule has 0 atom stereocenters. The lowest BCUT2D eigenvalue weighted by Gasteiger charge is -2.15. The number of carbonyl (C=O) groups is 1. The third-order valence-corrected chi connectivity index (χ3v) is 2.94. The average molecular weight is 200 g/mol. The van der Waals surface area contributed by atoms with Crippen LogP contribution >= 0.6 is 0 Å². The Morgan fingerprint density at radius 2 is 2.00 bits per heavy atom. The van der Waals surface area contributed by atoms with Crippen molar-refractivity contribution in [3.8, 4) is 0 Å². The summed E-state index contributed by atoms with van der Waals surface area (Å²) in [6.07, 6.45) is 7.08. The molecule has 0 saturated heterocycles. The van der Waals surface area contributed by atoms with E-state index in [1.54, 1.807) is 6.92 Å². The molecule has 1 aromatic carbocycles. The van der Waals surface area contributed by atoms with E-state index in [2.05, 4.69) is 12.1 Å². The molecule has 0 fully saturated rings. The molecule has 0 saturated carbocycles. The summed E-state index contributed by atoms with van der Waals surface area (Å²) in [4.78, 5) is 11.5. The first-order valence-electron chi connectivity index (χ1n) is 5.58. The molecular formula is C14H16O. The van der Waals surface area contributed by atoms with Crippen molar-refractivity contribution < 1.29 is 4.79 Å². The van der Waals surface area contributed by atoms with E-state index < -0.39 is 0 Å². The van der Waals surface area contributed by atoms with Crippen LogP contribution in [-0.4, -0.2) is 5.78 Å². The molecule has 1 nitrogen and oxygen atoms in total. The predicted octanol–water partition coefficient (Wildman–Crippen LogP) is 3.85. The molecule has 0 amide bonds. The fourth-order valence-electron chi connectivity index (χ4n) is 2.15. The molecule has 1 heteroatoms. The molecule has 1 aliphatic carbocycles. The molecular weight excluding hydrogens is 184 g/mol. The molecule has 0 unspecified atom stereocenters. The average Bonchev–Trinajstić information content (AvgIpc) is 2.30. The Bertz CT molecular complexity index is 402. The number of carbonyl (C=O) groups excluding carboxylic acids is 1. The van der Waals surface area contributed by atoms with Crippen molar-refractivity contribution in [2.24, 2.45) is 0 Å². The summed E-state index contributed by atoms with van der Waals surface area (Å²) in [5.74, 6) is 0.164. The van der Waals surface area contributed by atoms with E-state index in [0.29, 0.717) is 0 Å². The molecule has 0 bridgehead atoms. The van der Waals surface area contributed by atoms with Crippen LogP contribution in [-0.2, 0) is 0 Å². The molecule has 78 valence electrons. The highest BCUT2D eigenvalue weighted by molar-refractivity contribution is 5.99. The van der Waals surface area contributed by atoms with Crippen molar-refractivity contribution in [1.82, 2.24) is 0 Å². The van der Waals surface area contributed by atoms with Gasteiger partial charge in [-0.05, 0) is 43.7 Å². The Labute approximate surface area is 90.8 Å². The van der Waals surface area contributed by atoms with Crippen LogP contribution in [0.5, 0.6) is 0 Å². The van der Waals surface area contributed by atoms with Crippen molar-refractivity contribution in [3.05, 3.63) is 41.5 Å². The maximum atomic E-state index is 11.5. The van der Waals surface area contributed by atoms with Crippen LogP contribution < -0.4 is 0 Å². The van der Waals surface area contributed by atoms with Crippen molar-refractivity contribution in [3.63, 3.8) is 0 Å². The Hall–Kier alpha value is -1.37. The summed E-state index contributed by atoms with van der Waals surface area (Å²) in [6, 6.07) is 7.93. The Kier molecular flexibility index (Phi) is 3.00. The molecule has 1 aliphatic rings. The predicted molar refractivity (Wildman–Crippen MR) is 62.9 cm³/mol. The number of allylic oxidation sites excluding steroid dienone is 2. The topological polar surface area (TPSA) is 17.1 Å². The van der Waals surface area contributed by atoms with Crippen molar-refractivity contribution >= 4 is 11.4 Å². The number of rotatable bonds is 2. The molecule has 15 heavy (non-hydrogen) atoms. The minimum absolute atomic E-state index is 0.164. The number of hydrogen-bond acceptors (Lipinski definition) is 1. The molecule has 2 rings (SSSR count). The van der Waals surface area contributed by atoms with E-state index >= 15 is 0 Å². The molecule has 0 heterocycles. The highest BCUT2D eigenvalue weighted by Crippen LogP contribution is 2.28. The second-order valence-corrected chi connectivity index (χ2v) is 4.08.